The van der Waals surface area contributed by atoms with E-state index in [1.165, 1.54) is 14.7 Å². The normalized spacial score (nSPS) is 10.1. The third kappa shape index (κ3) is 2.30. The van der Waals surface area contributed by atoms with Crippen LogP contribution in [0.5, 0.6) is 0 Å². The average Bonchev–Trinajstić information content (AvgIpc) is 2.21. The maximum atomic E-state index is 4.26. The van der Waals surface area contributed by atoms with Crippen molar-refractivity contribution >= 4 is 35.2 Å². The van der Waals surface area contributed by atoms with Gasteiger partial charge in [0.15, 0.2) is 0 Å². The van der Waals surface area contributed by atoms with Crippen LogP contribution in [-0.2, 0) is 0 Å². The summed E-state index contributed by atoms with van der Waals surface area (Å²) in [6.07, 6.45) is 0. The van der Waals surface area contributed by atoms with Crippen LogP contribution in [0.2, 0.25) is 0 Å². The zero-order valence-electron chi connectivity index (χ0n) is 7.44. The van der Waals surface area contributed by atoms with E-state index in [1.54, 1.807) is 0 Å². The van der Waals surface area contributed by atoms with E-state index >= 15 is 0 Å². The summed E-state index contributed by atoms with van der Waals surface area (Å²) in [7, 11) is 0. The highest BCUT2D eigenvalue weighted by Crippen LogP contribution is 2.21. The lowest BCUT2D eigenvalue weighted by molar-refractivity contribution is 1.47. The summed E-state index contributed by atoms with van der Waals surface area (Å²) in [6, 6.07) is 16.7. The molecular weight excluding hydrogens is 303 g/mol. The Morgan fingerprint density at radius 1 is 0.714 bits per heavy atom. The van der Waals surface area contributed by atoms with Gasteiger partial charge in [-0.3, -0.25) is 0 Å². The molecule has 0 unspecified atom stereocenters. The molecule has 0 amide bonds. The van der Waals surface area contributed by atoms with Gasteiger partial charge in [-0.2, -0.15) is 0 Å². The van der Waals surface area contributed by atoms with Gasteiger partial charge in [0.05, 0.1) is 0 Å². The lowest BCUT2D eigenvalue weighted by atomic mass is 10.1. The van der Waals surface area contributed by atoms with Crippen molar-refractivity contribution in [3.8, 4) is 11.1 Å². The number of benzene rings is 2. The Hall–Kier alpha value is -0.480. The number of hydrogen-bond acceptors (Lipinski definition) is 1. The standard InChI is InChI=1S/C12H9IS/c13-11-5-1-9(2-6-11)10-3-7-12(14)8-4-10/h1-8,14H. The van der Waals surface area contributed by atoms with E-state index in [0.717, 1.165) is 4.90 Å². The van der Waals surface area contributed by atoms with Crippen molar-refractivity contribution in [3.63, 3.8) is 0 Å². The summed E-state index contributed by atoms with van der Waals surface area (Å²) in [6.45, 7) is 0. The molecule has 0 nitrogen and oxygen atoms in total. The molecule has 70 valence electrons. The maximum absolute atomic E-state index is 4.26. The van der Waals surface area contributed by atoms with Gasteiger partial charge in [0, 0.05) is 8.47 Å². The van der Waals surface area contributed by atoms with Gasteiger partial charge in [-0.15, -0.1) is 12.6 Å². The van der Waals surface area contributed by atoms with Crippen molar-refractivity contribution in [3.05, 3.63) is 52.1 Å². The summed E-state index contributed by atoms with van der Waals surface area (Å²) < 4.78 is 1.26. The molecule has 2 rings (SSSR count). The highest BCUT2D eigenvalue weighted by atomic mass is 127. The molecule has 0 N–H and O–H groups in total. The molecular formula is C12H9IS. The SMILES string of the molecule is Sc1ccc(-c2ccc(I)cc2)cc1. The fourth-order valence-electron chi connectivity index (χ4n) is 1.30. The number of thiol groups is 1. The van der Waals surface area contributed by atoms with Gasteiger partial charge in [0.1, 0.15) is 0 Å². The second-order valence-corrected chi connectivity index (χ2v) is 4.82. The molecule has 2 aromatic carbocycles. The van der Waals surface area contributed by atoms with E-state index in [9.17, 15) is 0 Å². The van der Waals surface area contributed by atoms with Crippen LogP contribution in [-0.4, -0.2) is 0 Å². The fourth-order valence-corrected chi connectivity index (χ4v) is 1.80. The molecule has 0 aliphatic carbocycles. The molecule has 0 saturated carbocycles. The molecule has 0 aliphatic rings. The quantitative estimate of drug-likeness (QED) is 0.591. The Labute approximate surface area is 103 Å². The topological polar surface area (TPSA) is 0 Å². The number of rotatable bonds is 1. The van der Waals surface area contributed by atoms with Gasteiger partial charge >= 0.3 is 0 Å². The second kappa shape index (κ2) is 4.36. The monoisotopic (exact) mass is 312 g/mol. The lowest BCUT2D eigenvalue weighted by Gasteiger charge is -2.01. The summed E-state index contributed by atoms with van der Waals surface area (Å²) in [5.41, 5.74) is 2.48. The van der Waals surface area contributed by atoms with Gasteiger partial charge < -0.3 is 0 Å². The van der Waals surface area contributed by atoms with E-state index in [2.05, 4.69) is 71.6 Å². The Balaban J connectivity index is 2.40. The summed E-state index contributed by atoms with van der Waals surface area (Å²) in [5.74, 6) is 0. The van der Waals surface area contributed by atoms with E-state index in [1.807, 2.05) is 12.1 Å². The molecule has 0 bridgehead atoms. The van der Waals surface area contributed by atoms with Crippen LogP contribution >= 0.6 is 35.2 Å². The van der Waals surface area contributed by atoms with Crippen molar-refractivity contribution in [2.45, 2.75) is 4.90 Å². The fraction of sp³-hybridized carbons (Fsp3) is 0. The van der Waals surface area contributed by atoms with E-state index in [-0.39, 0.29) is 0 Å². The summed E-state index contributed by atoms with van der Waals surface area (Å²) in [5, 5.41) is 0. The van der Waals surface area contributed by atoms with Crippen LogP contribution in [0.15, 0.2) is 53.4 Å². The van der Waals surface area contributed by atoms with E-state index < -0.39 is 0 Å². The molecule has 0 heterocycles. The minimum absolute atomic E-state index is 0.999. The first-order valence-corrected chi connectivity index (χ1v) is 5.83. The highest BCUT2D eigenvalue weighted by molar-refractivity contribution is 14.1. The largest absolute Gasteiger partial charge is 0.143 e. The molecule has 0 radical (unpaired) electrons. The molecule has 0 spiro atoms. The zero-order valence-corrected chi connectivity index (χ0v) is 10.5. The molecule has 2 heteroatoms. The van der Waals surface area contributed by atoms with Crippen molar-refractivity contribution in [2.24, 2.45) is 0 Å². The van der Waals surface area contributed by atoms with Gasteiger partial charge in [0.2, 0.25) is 0 Å². The van der Waals surface area contributed by atoms with Crippen LogP contribution in [0.25, 0.3) is 11.1 Å². The predicted octanol–water partition coefficient (Wildman–Crippen LogP) is 4.25. The Morgan fingerprint density at radius 3 is 1.64 bits per heavy atom. The third-order valence-corrected chi connectivity index (χ3v) is 3.06. The highest BCUT2D eigenvalue weighted by Gasteiger charge is 1.96. The van der Waals surface area contributed by atoms with Crippen LogP contribution in [0.4, 0.5) is 0 Å². The number of halogens is 1. The van der Waals surface area contributed by atoms with Crippen LogP contribution in [0.3, 0.4) is 0 Å². The lowest BCUT2D eigenvalue weighted by Crippen LogP contribution is -1.77. The molecule has 0 aliphatic heterocycles. The van der Waals surface area contributed by atoms with E-state index in [0.29, 0.717) is 0 Å². The molecule has 0 saturated heterocycles. The Bertz CT molecular complexity index is 374. The molecule has 2 aromatic rings. The number of hydrogen-bond donors (Lipinski definition) is 1. The van der Waals surface area contributed by atoms with Crippen molar-refractivity contribution < 1.29 is 0 Å². The first-order valence-electron chi connectivity index (χ1n) is 4.31. The minimum atomic E-state index is 0.999. The predicted molar refractivity (Wildman–Crippen MR) is 71.8 cm³/mol. The van der Waals surface area contributed by atoms with Crippen LogP contribution in [0, 0.1) is 3.57 Å². The minimum Gasteiger partial charge on any atom is -0.143 e. The first-order chi connectivity index (χ1) is 6.75. The Kier molecular flexibility index (Phi) is 3.13. The van der Waals surface area contributed by atoms with Gasteiger partial charge in [-0.25, -0.2) is 0 Å². The molecule has 0 fully saturated rings. The smallest absolute Gasteiger partial charge is 0.0130 e. The Morgan fingerprint density at radius 2 is 1.14 bits per heavy atom. The molecule has 0 aromatic heterocycles. The summed E-state index contributed by atoms with van der Waals surface area (Å²) in [4.78, 5) is 0.999. The molecule has 14 heavy (non-hydrogen) atoms. The van der Waals surface area contributed by atoms with Crippen molar-refractivity contribution in [1.82, 2.24) is 0 Å². The average molecular weight is 312 g/mol. The van der Waals surface area contributed by atoms with Crippen molar-refractivity contribution in [1.29, 1.82) is 0 Å². The van der Waals surface area contributed by atoms with Crippen LogP contribution < -0.4 is 0 Å². The zero-order chi connectivity index (χ0) is 9.97. The van der Waals surface area contributed by atoms with Crippen LogP contribution in [0.1, 0.15) is 0 Å². The third-order valence-electron chi connectivity index (χ3n) is 2.04. The molecule has 0 atom stereocenters. The summed E-state index contributed by atoms with van der Waals surface area (Å²) >= 11 is 6.57. The van der Waals surface area contributed by atoms with Gasteiger partial charge in [0.25, 0.3) is 0 Å². The van der Waals surface area contributed by atoms with Crippen molar-refractivity contribution in [2.75, 3.05) is 0 Å². The van der Waals surface area contributed by atoms with Gasteiger partial charge in [-0.05, 0) is 58.0 Å². The van der Waals surface area contributed by atoms with E-state index in [4.69, 9.17) is 0 Å². The first kappa shape index (κ1) is 10.1. The maximum Gasteiger partial charge on any atom is 0.0130 e. The second-order valence-electron chi connectivity index (χ2n) is 3.05. The van der Waals surface area contributed by atoms with Gasteiger partial charge in [-0.1, -0.05) is 24.3 Å².